The first-order valence-corrected chi connectivity index (χ1v) is 13.8. The lowest BCUT2D eigenvalue weighted by atomic mass is 9.91. The lowest BCUT2D eigenvalue weighted by Gasteiger charge is -2.16. The van der Waals surface area contributed by atoms with E-state index >= 15 is 0 Å². The van der Waals surface area contributed by atoms with E-state index in [0.29, 0.717) is 23.4 Å². The lowest BCUT2D eigenvalue weighted by Crippen LogP contribution is -2.16. The van der Waals surface area contributed by atoms with Gasteiger partial charge in [0.25, 0.3) is 5.91 Å². The van der Waals surface area contributed by atoms with Crippen molar-refractivity contribution in [3.8, 4) is 0 Å². The fourth-order valence-corrected chi connectivity index (χ4v) is 5.22. The summed E-state index contributed by atoms with van der Waals surface area (Å²) in [5.74, 6) is 0.954. The van der Waals surface area contributed by atoms with Crippen LogP contribution in [0.5, 0.6) is 0 Å². The van der Waals surface area contributed by atoms with Crippen LogP contribution in [-0.4, -0.2) is 41.1 Å². The summed E-state index contributed by atoms with van der Waals surface area (Å²) in [6, 6.07) is 29.4. The van der Waals surface area contributed by atoms with Crippen LogP contribution in [-0.2, 0) is 17.8 Å². The Kier molecular flexibility index (Phi) is 7.38. The second-order valence-electron chi connectivity index (χ2n) is 10.1. The average Bonchev–Trinajstić information content (AvgIpc) is 3.66. The number of fused-ring (bicyclic) bond motifs is 1. The van der Waals surface area contributed by atoms with E-state index in [1.54, 1.807) is 0 Å². The molecule has 3 aromatic heterocycles. The molecule has 0 aliphatic carbocycles. The number of tetrazole rings is 1. The number of rotatable bonds is 8. The molecule has 0 aliphatic heterocycles. The predicted molar refractivity (Wildman–Crippen MR) is 164 cm³/mol. The third-order valence-corrected chi connectivity index (χ3v) is 7.15. The topological polar surface area (TPSA) is 114 Å². The summed E-state index contributed by atoms with van der Waals surface area (Å²) in [5.41, 5.74) is 8.48. The smallest absolute Gasteiger partial charge is 0.260 e. The van der Waals surface area contributed by atoms with Gasteiger partial charge in [0.15, 0.2) is 11.5 Å². The van der Waals surface area contributed by atoms with E-state index in [-0.39, 0.29) is 11.7 Å². The molecule has 42 heavy (non-hydrogen) atoms. The molecule has 0 aliphatic rings. The highest BCUT2D eigenvalue weighted by Gasteiger charge is 2.24. The molecule has 0 radical (unpaired) electrons. The Hall–Kier alpha value is -5.44. The number of carbonyl (C=O) groups excluding carboxylic acids is 1. The van der Waals surface area contributed by atoms with Gasteiger partial charge in [-0.3, -0.25) is 4.79 Å². The molecule has 9 nitrogen and oxygen atoms in total. The summed E-state index contributed by atoms with van der Waals surface area (Å²) in [7, 11) is 0. The molecule has 2 N–H and O–H groups in total. The van der Waals surface area contributed by atoms with Crippen molar-refractivity contribution in [1.29, 1.82) is 0 Å². The lowest BCUT2D eigenvalue weighted by molar-refractivity contribution is -0.111. The summed E-state index contributed by atoms with van der Waals surface area (Å²) < 4.78 is 2.19. The molecule has 0 unspecified atom stereocenters. The molecule has 0 bridgehead atoms. The third kappa shape index (κ3) is 5.32. The molecule has 208 valence electrons. The zero-order valence-electron chi connectivity index (χ0n) is 23.7. The second kappa shape index (κ2) is 11.6. The van der Waals surface area contributed by atoms with E-state index in [1.807, 2.05) is 79.7 Å². The molecular weight excluding hydrogens is 524 g/mol. The van der Waals surface area contributed by atoms with Crippen molar-refractivity contribution in [3.63, 3.8) is 0 Å². The number of anilines is 1. The first-order valence-electron chi connectivity index (χ1n) is 13.8. The molecule has 6 aromatic rings. The quantitative estimate of drug-likeness (QED) is 0.231. The fourth-order valence-electron chi connectivity index (χ4n) is 5.22. The van der Waals surface area contributed by atoms with Crippen LogP contribution < -0.4 is 5.32 Å². The maximum atomic E-state index is 13.8. The number of hydrogen-bond donors (Lipinski definition) is 2. The molecule has 3 aromatic carbocycles. The van der Waals surface area contributed by atoms with Gasteiger partial charge in [0.05, 0.1) is 12.1 Å². The molecule has 0 fully saturated rings. The standard InChI is InChI=1S/C33H30N8O/c1-4-27-36-30-21(2)19-22(3)34-32(30)41(27)20-23-15-17-25(18-16-23)28(24-11-7-5-8-12-24)29(31-37-39-40-38-31)33(42)35-26-13-9-6-10-14-26/h5-19H,4,20H2,1-3H3,(H,35,42)(H,37,38,39,40). The van der Waals surface area contributed by atoms with Crippen molar-refractivity contribution in [2.24, 2.45) is 0 Å². The van der Waals surface area contributed by atoms with Crippen LogP contribution >= 0.6 is 0 Å². The van der Waals surface area contributed by atoms with Crippen LogP contribution in [0, 0.1) is 13.8 Å². The number of amides is 1. The number of H-pyrrole nitrogens is 1. The summed E-state index contributed by atoms with van der Waals surface area (Å²) in [6.07, 6.45) is 0.804. The Morgan fingerprint density at radius 2 is 1.57 bits per heavy atom. The third-order valence-electron chi connectivity index (χ3n) is 7.15. The summed E-state index contributed by atoms with van der Waals surface area (Å²) in [6.45, 7) is 6.83. The van der Waals surface area contributed by atoms with E-state index in [1.165, 1.54) is 0 Å². The van der Waals surface area contributed by atoms with E-state index < -0.39 is 0 Å². The molecule has 1 amide bonds. The number of hydrogen-bond acceptors (Lipinski definition) is 6. The number of pyridine rings is 1. The monoisotopic (exact) mass is 554 g/mol. The largest absolute Gasteiger partial charge is 0.322 e. The molecule has 0 saturated heterocycles. The first kappa shape index (κ1) is 26.8. The van der Waals surface area contributed by atoms with Gasteiger partial charge < -0.3 is 9.88 Å². The van der Waals surface area contributed by atoms with Gasteiger partial charge in [-0.15, -0.1) is 5.10 Å². The minimum absolute atomic E-state index is 0.278. The Morgan fingerprint density at radius 1 is 0.881 bits per heavy atom. The molecule has 6 rings (SSSR count). The Morgan fingerprint density at radius 3 is 2.24 bits per heavy atom. The normalized spacial score (nSPS) is 11.9. The maximum Gasteiger partial charge on any atom is 0.260 e. The highest BCUT2D eigenvalue weighted by molar-refractivity contribution is 6.32. The number of imidazole rings is 1. The van der Waals surface area contributed by atoms with Crippen molar-refractivity contribution in [2.45, 2.75) is 33.7 Å². The molecule has 0 saturated carbocycles. The number of nitrogens with one attached hydrogen (secondary N) is 2. The Balaban J connectivity index is 1.44. The van der Waals surface area contributed by atoms with E-state index in [4.69, 9.17) is 9.97 Å². The van der Waals surface area contributed by atoms with E-state index in [9.17, 15) is 4.79 Å². The maximum absolute atomic E-state index is 13.8. The molecule has 9 heteroatoms. The predicted octanol–water partition coefficient (Wildman–Crippen LogP) is 5.77. The number of aromatic amines is 1. The average molecular weight is 555 g/mol. The zero-order chi connectivity index (χ0) is 29.1. The number of nitrogens with zero attached hydrogens (tertiary/aromatic N) is 6. The second-order valence-corrected chi connectivity index (χ2v) is 10.1. The van der Waals surface area contributed by atoms with E-state index in [2.05, 4.69) is 62.6 Å². The minimum Gasteiger partial charge on any atom is -0.322 e. The van der Waals surface area contributed by atoms with Crippen LogP contribution in [0.1, 0.15) is 46.5 Å². The first-order chi connectivity index (χ1) is 20.5. The highest BCUT2D eigenvalue weighted by atomic mass is 16.1. The molecule has 0 atom stereocenters. The van der Waals surface area contributed by atoms with Crippen molar-refractivity contribution in [3.05, 3.63) is 131 Å². The number of benzene rings is 3. The van der Waals surface area contributed by atoms with Crippen molar-refractivity contribution < 1.29 is 4.79 Å². The number of para-hydroxylation sites is 1. The van der Waals surface area contributed by atoms with Gasteiger partial charge >= 0.3 is 0 Å². The Bertz CT molecular complexity index is 1870. The van der Waals surface area contributed by atoms with Crippen molar-refractivity contribution in [2.75, 3.05) is 5.32 Å². The Labute approximate surface area is 243 Å². The van der Waals surface area contributed by atoms with Crippen LogP contribution in [0.3, 0.4) is 0 Å². The van der Waals surface area contributed by atoms with Gasteiger partial charge in [-0.25, -0.2) is 15.1 Å². The molecule has 3 heterocycles. The number of aryl methyl sites for hydroxylation is 3. The summed E-state index contributed by atoms with van der Waals surface area (Å²) in [5, 5.41) is 17.4. The summed E-state index contributed by atoms with van der Waals surface area (Å²) >= 11 is 0. The molecular formula is C33H30N8O. The van der Waals surface area contributed by atoms with Gasteiger partial charge in [0.1, 0.15) is 11.3 Å². The SMILES string of the molecule is CCc1nc2c(C)cc(C)nc2n1Cc1ccc(C(=C(C(=O)Nc2ccccc2)c2nnn[nH]2)c2ccccc2)cc1. The minimum atomic E-state index is -0.322. The van der Waals surface area contributed by atoms with Crippen LogP contribution in [0.25, 0.3) is 22.3 Å². The van der Waals surface area contributed by atoms with Gasteiger partial charge in [-0.1, -0.05) is 79.7 Å². The van der Waals surface area contributed by atoms with Crippen LogP contribution in [0.4, 0.5) is 5.69 Å². The number of aromatic nitrogens is 7. The zero-order valence-corrected chi connectivity index (χ0v) is 23.7. The van der Waals surface area contributed by atoms with Gasteiger partial charge in [0.2, 0.25) is 0 Å². The molecule has 0 spiro atoms. The van der Waals surface area contributed by atoms with Crippen LogP contribution in [0.15, 0.2) is 91.0 Å². The summed E-state index contributed by atoms with van der Waals surface area (Å²) in [4.78, 5) is 23.5. The van der Waals surface area contributed by atoms with Crippen molar-refractivity contribution >= 4 is 33.9 Å². The van der Waals surface area contributed by atoms with Crippen molar-refractivity contribution in [1.82, 2.24) is 35.2 Å². The number of carbonyl (C=O) groups is 1. The van der Waals surface area contributed by atoms with E-state index in [0.717, 1.165) is 51.4 Å². The van der Waals surface area contributed by atoms with Gasteiger partial charge in [0, 0.05) is 23.4 Å². The highest BCUT2D eigenvalue weighted by Crippen LogP contribution is 2.32. The van der Waals surface area contributed by atoms with Gasteiger partial charge in [-0.05, 0) is 64.7 Å². The van der Waals surface area contributed by atoms with Gasteiger partial charge in [-0.2, -0.15) is 0 Å². The fraction of sp³-hybridized carbons (Fsp3) is 0.152. The van der Waals surface area contributed by atoms with Crippen LogP contribution in [0.2, 0.25) is 0 Å².